The zero-order valence-corrected chi connectivity index (χ0v) is 10.1. The van der Waals surface area contributed by atoms with Gasteiger partial charge in [0.2, 0.25) is 9.47 Å². The summed E-state index contributed by atoms with van der Waals surface area (Å²) in [6.07, 6.45) is 0.165. The predicted molar refractivity (Wildman–Crippen MR) is 58.3 cm³/mol. The van der Waals surface area contributed by atoms with Crippen molar-refractivity contribution in [1.29, 1.82) is 0 Å². The molecule has 0 unspecified atom stereocenters. The summed E-state index contributed by atoms with van der Waals surface area (Å²) >= 11 is 6.60. The minimum absolute atomic E-state index is 0.165. The van der Waals surface area contributed by atoms with Crippen molar-refractivity contribution in [1.82, 2.24) is 15.5 Å². The molecule has 0 aromatic carbocycles. The second kappa shape index (κ2) is 5.99. The fourth-order valence-electron chi connectivity index (χ4n) is 0.832. The summed E-state index contributed by atoms with van der Waals surface area (Å²) in [5.74, 6) is -0.272. The highest BCUT2D eigenvalue weighted by molar-refractivity contribution is 7.17. The number of halogens is 1. The third-order valence-corrected chi connectivity index (χ3v) is 2.45. The van der Waals surface area contributed by atoms with Crippen molar-refractivity contribution in [3.05, 3.63) is 9.47 Å². The van der Waals surface area contributed by atoms with Gasteiger partial charge in [0.15, 0.2) is 0 Å². The van der Waals surface area contributed by atoms with Crippen LogP contribution in [-0.4, -0.2) is 35.4 Å². The number of nitrogens with one attached hydrogen (secondary N) is 1. The van der Waals surface area contributed by atoms with Crippen LogP contribution in [0.25, 0.3) is 0 Å². The van der Waals surface area contributed by atoms with Crippen LogP contribution in [-0.2, 0) is 4.74 Å². The fraction of sp³-hybridized carbons (Fsp3) is 0.625. The highest BCUT2D eigenvalue weighted by atomic mass is 35.5. The molecule has 0 aliphatic rings. The van der Waals surface area contributed by atoms with Gasteiger partial charge in [-0.1, -0.05) is 11.3 Å². The molecule has 0 aliphatic carbocycles. The number of amides is 1. The Hall–Kier alpha value is -0.720. The van der Waals surface area contributed by atoms with Gasteiger partial charge in [-0.15, -0.1) is 10.2 Å². The summed E-state index contributed by atoms with van der Waals surface area (Å²) in [6, 6.07) is 0. The first-order chi connectivity index (χ1) is 7.09. The van der Waals surface area contributed by atoms with Crippen LogP contribution in [0, 0.1) is 0 Å². The highest BCUT2D eigenvalue weighted by Crippen LogP contribution is 2.14. The Morgan fingerprint density at radius 2 is 2.33 bits per heavy atom. The molecular weight excluding hydrogens is 238 g/mol. The van der Waals surface area contributed by atoms with E-state index < -0.39 is 0 Å². The van der Waals surface area contributed by atoms with E-state index in [4.69, 9.17) is 16.3 Å². The average molecular weight is 250 g/mol. The molecule has 1 amide bonds. The van der Waals surface area contributed by atoms with Gasteiger partial charge >= 0.3 is 0 Å². The average Bonchev–Trinajstić information content (AvgIpc) is 2.59. The number of rotatable bonds is 5. The lowest BCUT2D eigenvalue weighted by Crippen LogP contribution is -2.27. The van der Waals surface area contributed by atoms with Crippen molar-refractivity contribution in [2.24, 2.45) is 0 Å². The molecule has 0 saturated heterocycles. The van der Waals surface area contributed by atoms with E-state index in [9.17, 15) is 4.79 Å². The lowest BCUT2D eigenvalue weighted by Gasteiger charge is -2.07. The number of nitrogens with zero attached hydrogens (tertiary/aromatic N) is 2. The Morgan fingerprint density at radius 3 is 2.87 bits per heavy atom. The lowest BCUT2D eigenvalue weighted by molar-refractivity contribution is 0.0746. The fourth-order valence-corrected chi connectivity index (χ4v) is 1.58. The maximum atomic E-state index is 11.4. The number of hydrogen-bond acceptors (Lipinski definition) is 5. The van der Waals surface area contributed by atoms with E-state index in [-0.39, 0.29) is 21.5 Å². The molecule has 0 atom stereocenters. The number of ether oxygens (including phenoxy) is 1. The second-order valence-corrected chi connectivity index (χ2v) is 4.60. The van der Waals surface area contributed by atoms with Crippen LogP contribution < -0.4 is 5.32 Å². The Labute approximate surface area is 96.8 Å². The molecule has 1 aromatic heterocycles. The maximum Gasteiger partial charge on any atom is 0.282 e. The van der Waals surface area contributed by atoms with Gasteiger partial charge in [-0.25, -0.2) is 0 Å². The summed E-state index contributed by atoms with van der Waals surface area (Å²) in [7, 11) is 0. The number of carbonyl (C=O) groups is 1. The smallest absolute Gasteiger partial charge is 0.282 e. The summed E-state index contributed by atoms with van der Waals surface area (Å²) in [4.78, 5) is 11.4. The lowest BCUT2D eigenvalue weighted by atomic mass is 10.5. The van der Waals surface area contributed by atoms with Crippen molar-refractivity contribution < 1.29 is 9.53 Å². The molecule has 5 nitrogen and oxygen atoms in total. The van der Waals surface area contributed by atoms with E-state index >= 15 is 0 Å². The first kappa shape index (κ1) is 12.4. The topological polar surface area (TPSA) is 64.1 Å². The minimum atomic E-state index is -0.272. The maximum absolute atomic E-state index is 11.4. The van der Waals surface area contributed by atoms with E-state index in [0.29, 0.717) is 13.2 Å². The summed E-state index contributed by atoms with van der Waals surface area (Å²) in [5, 5.41) is 10.1. The molecule has 15 heavy (non-hydrogen) atoms. The first-order valence-corrected chi connectivity index (χ1v) is 5.68. The largest absolute Gasteiger partial charge is 0.377 e. The Kier molecular flexibility index (Phi) is 4.93. The predicted octanol–water partition coefficient (Wildman–Crippen LogP) is 1.35. The van der Waals surface area contributed by atoms with E-state index in [1.54, 1.807) is 0 Å². The molecular formula is C8H12ClN3O2S. The molecule has 1 heterocycles. The minimum Gasteiger partial charge on any atom is -0.377 e. The van der Waals surface area contributed by atoms with E-state index in [2.05, 4.69) is 15.5 Å². The number of carbonyl (C=O) groups excluding carboxylic acids is 1. The standard InChI is InChI=1S/C8H12ClN3O2S/c1-5(2)14-4-3-10-6(13)7-11-12-8(9)15-7/h5H,3-4H2,1-2H3,(H,10,13). The normalized spacial score (nSPS) is 10.7. The summed E-state index contributed by atoms with van der Waals surface area (Å²) < 4.78 is 5.52. The molecule has 0 radical (unpaired) electrons. The van der Waals surface area contributed by atoms with Crippen LogP contribution >= 0.6 is 22.9 Å². The van der Waals surface area contributed by atoms with Gasteiger partial charge in [-0.2, -0.15) is 0 Å². The highest BCUT2D eigenvalue weighted by Gasteiger charge is 2.10. The van der Waals surface area contributed by atoms with Crippen molar-refractivity contribution >= 4 is 28.8 Å². The summed E-state index contributed by atoms with van der Waals surface area (Å²) in [5.41, 5.74) is 0. The quantitative estimate of drug-likeness (QED) is 0.800. The van der Waals surface area contributed by atoms with E-state index in [1.807, 2.05) is 13.8 Å². The zero-order valence-electron chi connectivity index (χ0n) is 8.49. The van der Waals surface area contributed by atoms with Crippen LogP contribution in [0.4, 0.5) is 0 Å². The van der Waals surface area contributed by atoms with Crippen LogP contribution in [0.1, 0.15) is 23.6 Å². The molecule has 0 bridgehead atoms. The van der Waals surface area contributed by atoms with Crippen LogP contribution in [0.2, 0.25) is 4.47 Å². The van der Waals surface area contributed by atoms with Crippen molar-refractivity contribution in [3.63, 3.8) is 0 Å². The molecule has 7 heteroatoms. The first-order valence-electron chi connectivity index (χ1n) is 4.48. The van der Waals surface area contributed by atoms with Gasteiger partial charge in [-0.05, 0) is 25.4 Å². The molecule has 84 valence electrons. The van der Waals surface area contributed by atoms with Crippen LogP contribution in [0.15, 0.2) is 0 Å². The Bertz CT molecular complexity index is 329. The van der Waals surface area contributed by atoms with Gasteiger partial charge in [0.05, 0.1) is 12.7 Å². The summed E-state index contributed by atoms with van der Waals surface area (Å²) in [6.45, 7) is 4.81. The van der Waals surface area contributed by atoms with Crippen LogP contribution in [0.3, 0.4) is 0 Å². The Morgan fingerprint density at radius 1 is 1.60 bits per heavy atom. The monoisotopic (exact) mass is 249 g/mol. The third kappa shape index (κ3) is 4.55. The van der Waals surface area contributed by atoms with Crippen LogP contribution in [0.5, 0.6) is 0 Å². The van der Waals surface area contributed by atoms with Crippen molar-refractivity contribution in [2.75, 3.05) is 13.2 Å². The van der Waals surface area contributed by atoms with Crippen molar-refractivity contribution in [3.8, 4) is 0 Å². The van der Waals surface area contributed by atoms with Gasteiger partial charge in [0.1, 0.15) is 0 Å². The van der Waals surface area contributed by atoms with Gasteiger partial charge < -0.3 is 10.1 Å². The third-order valence-electron chi connectivity index (χ3n) is 1.43. The zero-order chi connectivity index (χ0) is 11.3. The van der Waals surface area contributed by atoms with E-state index in [1.165, 1.54) is 0 Å². The van der Waals surface area contributed by atoms with E-state index in [0.717, 1.165) is 11.3 Å². The second-order valence-electron chi connectivity index (χ2n) is 3.04. The Balaban J connectivity index is 2.25. The molecule has 0 fully saturated rings. The van der Waals surface area contributed by atoms with Gasteiger partial charge in [-0.3, -0.25) is 4.79 Å². The molecule has 1 aromatic rings. The molecule has 1 rings (SSSR count). The van der Waals surface area contributed by atoms with Crippen molar-refractivity contribution in [2.45, 2.75) is 20.0 Å². The molecule has 1 N–H and O–H groups in total. The molecule has 0 aliphatic heterocycles. The number of hydrogen-bond donors (Lipinski definition) is 1. The van der Waals surface area contributed by atoms with Gasteiger partial charge in [0, 0.05) is 6.54 Å². The molecule has 0 saturated carbocycles. The number of aromatic nitrogens is 2. The van der Waals surface area contributed by atoms with Gasteiger partial charge in [0.25, 0.3) is 5.91 Å². The SMILES string of the molecule is CC(C)OCCNC(=O)c1nnc(Cl)s1. The molecule has 0 spiro atoms.